The van der Waals surface area contributed by atoms with Crippen molar-refractivity contribution in [3.63, 3.8) is 0 Å². The Bertz CT molecular complexity index is 1150. The lowest BCUT2D eigenvalue weighted by Gasteiger charge is -2.49. The average Bonchev–Trinajstić information content (AvgIpc) is 3.32. The Labute approximate surface area is 195 Å². The molecular formula is C26H34N2O5. The summed E-state index contributed by atoms with van der Waals surface area (Å²) in [6, 6.07) is 2.00. The number of aryl methyl sites for hydroxylation is 1. The van der Waals surface area contributed by atoms with Crippen LogP contribution < -0.4 is 4.90 Å². The average molecular weight is 455 g/mol. The highest BCUT2D eigenvalue weighted by Crippen LogP contribution is 2.52. The van der Waals surface area contributed by atoms with Crippen LogP contribution in [0, 0.1) is 6.92 Å². The van der Waals surface area contributed by atoms with Crippen molar-refractivity contribution >= 4 is 17.6 Å². The fourth-order valence-corrected chi connectivity index (χ4v) is 5.49. The molecule has 1 aliphatic carbocycles. The number of aliphatic hydroxyl groups excluding tert-OH is 1. The maximum Gasteiger partial charge on any atom is 0.415 e. The highest BCUT2D eigenvalue weighted by Gasteiger charge is 2.54. The summed E-state index contributed by atoms with van der Waals surface area (Å²) in [6.45, 7) is 14.5. The van der Waals surface area contributed by atoms with Crippen molar-refractivity contribution in [1.82, 2.24) is 5.16 Å². The summed E-state index contributed by atoms with van der Waals surface area (Å²) in [4.78, 5) is 28.9. The molecule has 1 aromatic heterocycles. The smallest absolute Gasteiger partial charge is 0.415 e. The SMILES string of the molecule is Cc1onc(CO)c1-c1cc2c(c3c1CCC3)N(C(=O)OC(C)(C)C)C(C)(C)C(=O)C2(C)C. The molecule has 0 radical (unpaired) electrons. The monoisotopic (exact) mass is 454 g/mol. The fourth-order valence-electron chi connectivity index (χ4n) is 5.49. The third kappa shape index (κ3) is 3.48. The Kier molecular flexibility index (Phi) is 5.28. The molecule has 33 heavy (non-hydrogen) atoms. The summed E-state index contributed by atoms with van der Waals surface area (Å²) in [5, 5.41) is 13.9. The Hall–Kier alpha value is -2.67. The molecule has 2 aromatic rings. The minimum absolute atomic E-state index is 0.0540. The number of aromatic nitrogens is 1. The molecule has 1 aliphatic heterocycles. The number of aliphatic hydroxyl groups is 1. The van der Waals surface area contributed by atoms with Crippen LogP contribution >= 0.6 is 0 Å². The zero-order chi connectivity index (χ0) is 24.5. The van der Waals surface area contributed by atoms with E-state index in [2.05, 4.69) is 5.16 Å². The number of benzene rings is 1. The lowest BCUT2D eigenvalue weighted by Crippen LogP contribution is -2.63. The third-order valence-corrected chi connectivity index (χ3v) is 6.88. The zero-order valence-electron chi connectivity index (χ0n) is 20.9. The quantitative estimate of drug-likeness (QED) is 0.686. The topological polar surface area (TPSA) is 92.9 Å². The fraction of sp³-hybridized carbons (Fsp3) is 0.577. The molecule has 0 atom stereocenters. The van der Waals surface area contributed by atoms with E-state index in [4.69, 9.17) is 9.26 Å². The van der Waals surface area contributed by atoms with E-state index < -0.39 is 22.6 Å². The van der Waals surface area contributed by atoms with Crippen molar-refractivity contribution in [2.75, 3.05) is 4.90 Å². The lowest BCUT2D eigenvalue weighted by molar-refractivity contribution is -0.128. The molecular weight excluding hydrogens is 420 g/mol. The van der Waals surface area contributed by atoms with E-state index in [1.807, 2.05) is 47.6 Å². The molecule has 1 aromatic carbocycles. The van der Waals surface area contributed by atoms with Gasteiger partial charge in [-0.3, -0.25) is 9.69 Å². The number of hydrogen-bond donors (Lipinski definition) is 1. The lowest BCUT2D eigenvalue weighted by atomic mass is 9.67. The number of ketones is 1. The van der Waals surface area contributed by atoms with Gasteiger partial charge in [-0.25, -0.2) is 4.79 Å². The molecule has 2 aliphatic rings. The van der Waals surface area contributed by atoms with Gasteiger partial charge in [0.05, 0.1) is 23.3 Å². The van der Waals surface area contributed by atoms with Gasteiger partial charge >= 0.3 is 6.09 Å². The summed E-state index contributed by atoms with van der Waals surface area (Å²) in [5.74, 6) is 0.569. The van der Waals surface area contributed by atoms with Crippen LogP contribution in [0.5, 0.6) is 0 Å². The van der Waals surface area contributed by atoms with E-state index in [1.165, 1.54) is 0 Å². The van der Waals surface area contributed by atoms with Crippen LogP contribution in [-0.4, -0.2) is 33.3 Å². The van der Waals surface area contributed by atoms with Gasteiger partial charge in [0.2, 0.25) is 0 Å². The van der Waals surface area contributed by atoms with Crippen molar-refractivity contribution in [3.8, 4) is 11.1 Å². The predicted octanol–water partition coefficient (Wildman–Crippen LogP) is 5.01. The second-order valence-electron chi connectivity index (χ2n) is 11.2. The van der Waals surface area contributed by atoms with E-state index in [0.717, 1.165) is 52.8 Å². The van der Waals surface area contributed by atoms with Crippen LogP contribution in [0.15, 0.2) is 10.6 Å². The van der Waals surface area contributed by atoms with Gasteiger partial charge < -0.3 is 14.4 Å². The van der Waals surface area contributed by atoms with Gasteiger partial charge in [-0.1, -0.05) is 5.16 Å². The van der Waals surface area contributed by atoms with Gasteiger partial charge in [-0.05, 0) is 103 Å². The van der Waals surface area contributed by atoms with Crippen molar-refractivity contribution in [2.24, 2.45) is 0 Å². The van der Waals surface area contributed by atoms with Crippen molar-refractivity contribution in [2.45, 2.75) is 97.8 Å². The standard InChI is InChI=1S/C26H34N2O5/c1-14-20(19(13-29)27-33-14)17-12-18-21(16-11-9-10-15(16)17)28(23(31)32-24(2,3)4)26(7,8)22(30)25(18,5)6/h12,29H,9-11,13H2,1-8H3. The Morgan fingerprint density at radius 2 is 1.85 bits per heavy atom. The number of Topliss-reactive ketones (excluding diaryl/α,β-unsaturated/α-hetero) is 1. The number of ether oxygens (including phenoxy) is 1. The molecule has 0 saturated carbocycles. The van der Waals surface area contributed by atoms with Crippen LogP contribution in [-0.2, 0) is 34.4 Å². The molecule has 4 rings (SSSR count). The predicted molar refractivity (Wildman–Crippen MR) is 125 cm³/mol. The van der Waals surface area contributed by atoms with Crippen LogP contribution in [0.3, 0.4) is 0 Å². The molecule has 0 spiro atoms. The second kappa shape index (κ2) is 7.42. The number of nitrogens with zero attached hydrogens (tertiary/aromatic N) is 2. The van der Waals surface area contributed by atoms with Gasteiger partial charge in [0, 0.05) is 0 Å². The molecule has 7 nitrogen and oxygen atoms in total. The highest BCUT2D eigenvalue weighted by atomic mass is 16.6. The van der Waals surface area contributed by atoms with Crippen molar-refractivity contribution in [3.05, 3.63) is 34.2 Å². The first kappa shape index (κ1) is 23.5. The van der Waals surface area contributed by atoms with Crippen molar-refractivity contribution in [1.29, 1.82) is 0 Å². The molecule has 0 unspecified atom stereocenters. The van der Waals surface area contributed by atoms with E-state index in [-0.39, 0.29) is 12.4 Å². The van der Waals surface area contributed by atoms with Gasteiger partial charge in [-0.2, -0.15) is 0 Å². The summed E-state index contributed by atoms with van der Waals surface area (Å²) in [6.07, 6.45) is 2.06. The van der Waals surface area contributed by atoms with Crippen LogP contribution in [0.2, 0.25) is 0 Å². The van der Waals surface area contributed by atoms with Crippen molar-refractivity contribution < 1.29 is 24.0 Å². The number of hydrogen-bond acceptors (Lipinski definition) is 6. The molecule has 178 valence electrons. The molecule has 0 bridgehead atoms. The number of rotatable bonds is 2. The second-order valence-corrected chi connectivity index (χ2v) is 11.2. The largest absolute Gasteiger partial charge is 0.443 e. The number of fused-ring (bicyclic) bond motifs is 3. The zero-order valence-corrected chi connectivity index (χ0v) is 20.9. The van der Waals surface area contributed by atoms with Gasteiger partial charge in [0.1, 0.15) is 22.6 Å². The molecule has 1 N–H and O–H groups in total. The van der Waals surface area contributed by atoms with E-state index in [1.54, 1.807) is 18.7 Å². The summed E-state index contributed by atoms with van der Waals surface area (Å²) >= 11 is 0. The third-order valence-electron chi connectivity index (χ3n) is 6.88. The van der Waals surface area contributed by atoms with Gasteiger partial charge in [0.15, 0.2) is 5.78 Å². The Morgan fingerprint density at radius 1 is 1.21 bits per heavy atom. The normalized spacial score (nSPS) is 18.8. The summed E-state index contributed by atoms with van der Waals surface area (Å²) < 4.78 is 11.2. The number of carbonyl (C=O) groups is 2. The Morgan fingerprint density at radius 3 is 2.45 bits per heavy atom. The summed E-state index contributed by atoms with van der Waals surface area (Å²) in [7, 11) is 0. The Balaban J connectivity index is 2.06. The first-order chi connectivity index (χ1) is 15.2. The number of anilines is 1. The summed E-state index contributed by atoms with van der Waals surface area (Å²) in [5.41, 5.74) is 3.34. The molecule has 1 amide bonds. The van der Waals surface area contributed by atoms with Gasteiger partial charge in [0.25, 0.3) is 0 Å². The van der Waals surface area contributed by atoms with Crippen LogP contribution in [0.25, 0.3) is 11.1 Å². The van der Waals surface area contributed by atoms with E-state index in [0.29, 0.717) is 11.5 Å². The number of amides is 1. The maximum atomic E-state index is 13.8. The molecule has 2 heterocycles. The molecule has 0 fully saturated rings. The minimum atomic E-state index is -1.07. The first-order valence-corrected chi connectivity index (χ1v) is 11.6. The maximum absolute atomic E-state index is 13.8. The first-order valence-electron chi connectivity index (χ1n) is 11.6. The molecule has 0 saturated heterocycles. The van der Waals surface area contributed by atoms with E-state index in [9.17, 15) is 14.7 Å². The van der Waals surface area contributed by atoms with E-state index >= 15 is 0 Å². The van der Waals surface area contributed by atoms with Crippen LogP contribution in [0.1, 0.15) is 83.0 Å². The van der Waals surface area contributed by atoms with Gasteiger partial charge in [-0.15, -0.1) is 0 Å². The van der Waals surface area contributed by atoms with Crippen LogP contribution in [0.4, 0.5) is 10.5 Å². The number of carbonyl (C=O) groups excluding carboxylic acids is 2. The highest BCUT2D eigenvalue weighted by molar-refractivity contribution is 6.11. The minimum Gasteiger partial charge on any atom is -0.443 e. The molecule has 7 heteroatoms.